The number of nitrogens with zero attached hydrogens (tertiary/aromatic N) is 1. The first-order valence-corrected chi connectivity index (χ1v) is 9.67. The van der Waals surface area contributed by atoms with Gasteiger partial charge in [0.25, 0.3) is 0 Å². The molecule has 166 valence electrons. The second-order valence-corrected chi connectivity index (χ2v) is 10.0. The predicted molar refractivity (Wildman–Crippen MR) is 108 cm³/mol. The van der Waals surface area contributed by atoms with Crippen molar-refractivity contribution in [3.63, 3.8) is 0 Å². The highest BCUT2D eigenvalue weighted by Gasteiger charge is 2.37. The van der Waals surface area contributed by atoms with Gasteiger partial charge >= 0.3 is 12.2 Å². The average Bonchev–Trinajstić information content (AvgIpc) is 2.40. The number of nitrogens with two attached hydrogens (primary N) is 1. The Morgan fingerprint density at radius 2 is 1.18 bits per heavy atom. The lowest BCUT2D eigenvalue weighted by Crippen LogP contribution is -2.48. The zero-order valence-electron chi connectivity index (χ0n) is 19.3. The minimum atomic E-state index is -0.931. The largest absolute Gasteiger partial charge is 0.444 e. The summed E-state index contributed by atoms with van der Waals surface area (Å²) in [6.07, 6.45) is -0.710. The summed E-state index contributed by atoms with van der Waals surface area (Å²) in [5.74, 6) is 0. The van der Waals surface area contributed by atoms with Gasteiger partial charge in [0.15, 0.2) is 0 Å². The van der Waals surface area contributed by atoms with Gasteiger partial charge in [0.2, 0.25) is 0 Å². The number of ether oxygens (including phenoxy) is 3. The van der Waals surface area contributed by atoms with Crippen molar-refractivity contribution >= 4 is 12.2 Å². The van der Waals surface area contributed by atoms with Crippen molar-refractivity contribution in [1.82, 2.24) is 5.06 Å². The zero-order valence-corrected chi connectivity index (χ0v) is 19.3. The fraction of sp³-hybridized carbons (Fsp3) is 0.900. The lowest BCUT2D eigenvalue weighted by molar-refractivity contribution is -0.210. The van der Waals surface area contributed by atoms with Crippen LogP contribution >= 0.6 is 0 Å². The summed E-state index contributed by atoms with van der Waals surface area (Å²) in [7, 11) is 0. The summed E-state index contributed by atoms with van der Waals surface area (Å²) in [6, 6.07) is 0. The molecule has 0 aliphatic carbocycles. The van der Waals surface area contributed by atoms with Gasteiger partial charge in [0.05, 0.1) is 17.8 Å². The van der Waals surface area contributed by atoms with Crippen LogP contribution in [0, 0.1) is 0 Å². The van der Waals surface area contributed by atoms with E-state index in [0.29, 0.717) is 24.6 Å². The molecule has 0 aliphatic rings. The highest BCUT2D eigenvalue weighted by atomic mass is 16.8. The van der Waals surface area contributed by atoms with Crippen LogP contribution in [0.4, 0.5) is 9.59 Å². The molecule has 0 aliphatic heterocycles. The molecule has 0 spiro atoms. The molecule has 2 N–H and O–H groups in total. The van der Waals surface area contributed by atoms with Crippen LogP contribution in [0.25, 0.3) is 0 Å². The Bertz CT molecular complexity index is 490. The highest BCUT2D eigenvalue weighted by Crippen LogP contribution is 2.23. The van der Waals surface area contributed by atoms with Crippen LogP contribution in [-0.2, 0) is 19.0 Å². The third-order valence-corrected chi connectivity index (χ3v) is 3.40. The van der Waals surface area contributed by atoms with E-state index in [1.54, 1.807) is 55.4 Å². The Hall–Kier alpha value is -1.38. The molecular formula is C20H40N2O6. The van der Waals surface area contributed by atoms with E-state index in [0.717, 1.165) is 6.42 Å². The number of rotatable bonds is 8. The van der Waals surface area contributed by atoms with Gasteiger partial charge in [-0.2, -0.15) is 0 Å². The van der Waals surface area contributed by atoms with Crippen molar-refractivity contribution in [1.29, 1.82) is 0 Å². The number of amides is 2. The van der Waals surface area contributed by atoms with E-state index < -0.39 is 29.0 Å². The van der Waals surface area contributed by atoms with Crippen LogP contribution in [0.15, 0.2) is 0 Å². The molecule has 0 aromatic carbocycles. The fourth-order valence-electron chi connectivity index (χ4n) is 2.04. The molecule has 8 nitrogen and oxygen atoms in total. The minimum Gasteiger partial charge on any atom is -0.442 e. The normalized spacial score (nSPS) is 13.2. The zero-order chi connectivity index (χ0) is 22.4. The number of carbonyl (C=O) groups excluding carboxylic acids is 2. The van der Waals surface area contributed by atoms with Crippen molar-refractivity contribution in [3.8, 4) is 0 Å². The third kappa shape index (κ3) is 12.2. The van der Waals surface area contributed by atoms with Gasteiger partial charge in [-0.15, -0.1) is 0 Å². The average molecular weight is 405 g/mol. The Morgan fingerprint density at radius 3 is 1.54 bits per heavy atom. The Balaban J connectivity index is 5.17. The quantitative estimate of drug-likeness (QED) is 0.598. The van der Waals surface area contributed by atoms with E-state index in [-0.39, 0.29) is 5.60 Å². The fourth-order valence-corrected chi connectivity index (χ4v) is 2.04. The first-order chi connectivity index (χ1) is 12.4. The molecule has 0 saturated heterocycles. The van der Waals surface area contributed by atoms with E-state index in [9.17, 15) is 9.59 Å². The van der Waals surface area contributed by atoms with Crippen LogP contribution in [-0.4, -0.2) is 52.8 Å². The van der Waals surface area contributed by atoms with Crippen molar-refractivity contribution in [2.45, 2.75) is 104 Å². The topological polar surface area (TPSA) is 100 Å². The van der Waals surface area contributed by atoms with E-state index in [2.05, 4.69) is 0 Å². The Labute approximate surface area is 170 Å². The van der Waals surface area contributed by atoms with E-state index >= 15 is 0 Å². The summed E-state index contributed by atoms with van der Waals surface area (Å²) < 4.78 is 16.4. The van der Waals surface area contributed by atoms with Crippen LogP contribution < -0.4 is 5.73 Å². The van der Waals surface area contributed by atoms with Crippen LogP contribution in [0.5, 0.6) is 0 Å². The standard InChI is InChI=1S/C20H40N2O6/c1-17(2,3)26-15(23)22(16(24)27-18(4,5)6)28-20(9,10)12-14-25-19(7,8)11-13-21/h11-14,21H2,1-10H3. The smallest absolute Gasteiger partial charge is 0.442 e. The van der Waals surface area contributed by atoms with Gasteiger partial charge in [0, 0.05) is 6.42 Å². The van der Waals surface area contributed by atoms with Crippen molar-refractivity contribution in [2.75, 3.05) is 13.2 Å². The van der Waals surface area contributed by atoms with Gasteiger partial charge in [-0.25, -0.2) is 9.59 Å². The summed E-state index contributed by atoms with van der Waals surface area (Å²) in [5, 5.41) is 0.543. The predicted octanol–water partition coefficient (Wildman–Crippen LogP) is 4.40. The lowest BCUT2D eigenvalue weighted by atomic mass is 10.0. The molecule has 0 atom stereocenters. The van der Waals surface area contributed by atoms with Crippen LogP contribution in [0.2, 0.25) is 0 Å². The molecule has 0 fully saturated rings. The number of carbonyl (C=O) groups is 2. The molecule has 0 heterocycles. The van der Waals surface area contributed by atoms with Crippen molar-refractivity contribution in [3.05, 3.63) is 0 Å². The van der Waals surface area contributed by atoms with E-state index in [1.165, 1.54) is 0 Å². The van der Waals surface area contributed by atoms with Gasteiger partial charge in [-0.3, -0.25) is 4.84 Å². The lowest BCUT2D eigenvalue weighted by Gasteiger charge is -2.34. The van der Waals surface area contributed by atoms with Gasteiger partial charge in [0.1, 0.15) is 11.2 Å². The van der Waals surface area contributed by atoms with E-state index in [4.69, 9.17) is 24.8 Å². The Morgan fingerprint density at radius 1 is 0.750 bits per heavy atom. The van der Waals surface area contributed by atoms with Crippen LogP contribution in [0.1, 0.15) is 82.1 Å². The molecule has 2 amide bonds. The molecular weight excluding hydrogens is 364 g/mol. The minimum absolute atomic E-state index is 0.360. The molecule has 0 aromatic heterocycles. The summed E-state index contributed by atoms with van der Waals surface area (Å²) in [4.78, 5) is 30.7. The van der Waals surface area contributed by atoms with Gasteiger partial charge in [-0.05, 0) is 82.2 Å². The Kier molecular flexibility index (Phi) is 9.41. The summed E-state index contributed by atoms with van der Waals surface area (Å²) in [5.41, 5.74) is 2.77. The number of hydrogen-bond donors (Lipinski definition) is 1. The summed E-state index contributed by atoms with van der Waals surface area (Å²) >= 11 is 0. The molecule has 0 aromatic rings. The van der Waals surface area contributed by atoms with Crippen molar-refractivity contribution in [2.24, 2.45) is 5.73 Å². The molecule has 0 saturated carbocycles. The first kappa shape index (κ1) is 26.6. The molecule has 0 radical (unpaired) electrons. The maximum absolute atomic E-state index is 12.5. The monoisotopic (exact) mass is 404 g/mol. The third-order valence-electron chi connectivity index (χ3n) is 3.40. The van der Waals surface area contributed by atoms with Gasteiger partial charge < -0.3 is 19.9 Å². The highest BCUT2D eigenvalue weighted by molar-refractivity contribution is 5.86. The molecule has 28 heavy (non-hydrogen) atoms. The van der Waals surface area contributed by atoms with Crippen LogP contribution in [0.3, 0.4) is 0 Å². The maximum Gasteiger partial charge on any atom is 0.444 e. The number of imide groups is 1. The molecule has 0 unspecified atom stereocenters. The number of hydroxylamine groups is 2. The van der Waals surface area contributed by atoms with Gasteiger partial charge in [-0.1, -0.05) is 5.06 Å². The summed E-state index contributed by atoms with van der Waals surface area (Å²) in [6.45, 7) is 18.6. The first-order valence-electron chi connectivity index (χ1n) is 9.67. The maximum atomic E-state index is 12.5. The SMILES string of the molecule is CC(C)(C)OC(=O)N(OC(C)(C)CCOC(C)(C)CCN)C(=O)OC(C)(C)C. The molecule has 0 bridgehead atoms. The second-order valence-electron chi connectivity index (χ2n) is 10.0. The van der Waals surface area contributed by atoms with E-state index in [1.807, 2.05) is 13.8 Å². The second kappa shape index (κ2) is 9.89. The molecule has 8 heteroatoms. The molecule has 0 rings (SSSR count). The van der Waals surface area contributed by atoms with Crippen molar-refractivity contribution < 1.29 is 28.6 Å². The number of hydrogen-bond acceptors (Lipinski definition) is 7.